The molecule has 0 fully saturated rings. The number of methoxy groups -OCH3 is 1. The summed E-state index contributed by atoms with van der Waals surface area (Å²) in [5.41, 5.74) is 2.44. The summed E-state index contributed by atoms with van der Waals surface area (Å²) in [6.07, 6.45) is 0.780. The van der Waals surface area contributed by atoms with Crippen LogP contribution in [-0.4, -0.2) is 43.4 Å². The number of benzene rings is 1. The van der Waals surface area contributed by atoms with Crippen molar-refractivity contribution in [1.29, 1.82) is 0 Å². The summed E-state index contributed by atoms with van der Waals surface area (Å²) in [5.74, 6) is 0.936. The predicted octanol–water partition coefficient (Wildman–Crippen LogP) is 2.01. The quantitative estimate of drug-likeness (QED) is 0.644. The molecule has 114 valence electrons. The van der Waals surface area contributed by atoms with Crippen molar-refractivity contribution in [2.75, 3.05) is 33.4 Å². The van der Waals surface area contributed by atoms with Crippen LogP contribution in [-0.2, 0) is 13.1 Å². The first-order valence-electron chi connectivity index (χ1n) is 7.44. The van der Waals surface area contributed by atoms with Crippen molar-refractivity contribution in [1.82, 2.24) is 10.2 Å². The van der Waals surface area contributed by atoms with Crippen molar-refractivity contribution < 1.29 is 9.84 Å². The molecule has 1 aromatic rings. The molecule has 0 unspecified atom stereocenters. The molecule has 0 radical (unpaired) electrons. The Hall–Kier alpha value is -1.10. The van der Waals surface area contributed by atoms with Gasteiger partial charge in [0.05, 0.1) is 7.11 Å². The lowest BCUT2D eigenvalue weighted by Gasteiger charge is -2.19. The highest BCUT2D eigenvalue weighted by Crippen LogP contribution is 2.21. The maximum Gasteiger partial charge on any atom is 0.123 e. The Morgan fingerprint density at radius 3 is 2.60 bits per heavy atom. The third-order valence-electron chi connectivity index (χ3n) is 3.48. The second-order valence-electron chi connectivity index (χ2n) is 4.86. The number of hydrogen-bond acceptors (Lipinski definition) is 4. The average molecular weight is 280 g/mol. The highest BCUT2D eigenvalue weighted by molar-refractivity contribution is 5.37. The second-order valence-corrected chi connectivity index (χ2v) is 4.86. The van der Waals surface area contributed by atoms with Gasteiger partial charge < -0.3 is 15.2 Å². The van der Waals surface area contributed by atoms with Crippen LogP contribution in [0.2, 0.25) is 0 Å². The van der Waals surface area contributed by atoms with Crippen LogP contribution in [0, 0.1) is 0 Å². The van der Waals surface area contributed by atoms with E-state index in [-0.39, 0.29) is 6.61 Å². The Kier molecular flexibility index (Phi) is 8.26. The summed E-state index contributed by atoms with van der Waals surface area (Å²) in [6.45, 7) is 9.26. The summed E-state index contributed by atoms with van der Waals surface area (Å²) in [6, 6.07) is 6.43. The molecule has 0 saturated heterocycles. The van der Waals surface area contributed by atoms with Gasteiger partial charge in [0.15, 0.2) is 0 Å². The molecular formula is C16H28N2O2. The molecule has 4 heteroatoms. The molecule has 0 aliphatic heterocycles. The smallest absolute Gasteiger partial charge is 0.123 e. The largest absolute Gasteiger partial charge is 0.496 e. The van der Waals surface area contributed by atoms with Gasteiger partial charge in [-0.05, 0) is 37.7 Å². The molecule has 0 atom stereocenters. The van der Waals surface area contributed by atoms with E-state index < -0.39 is 0 Å². The van der Waals surface area contributed by atoms with Crippen molar-refractivity contribution in [3.8, 4) is 5.75 Å². The van der Waals surface area contributed by atoms with Crippen LogP contribution >= 0.6 is 0 Å². The van der Waals surface area contributed by atoms with Crippen LogP contribution in [0.25, 0.3) is 0 Å². The molecule has 0 heterocycles. The van der Waals surface area contributed by atoms with E-state index in [4.69, 9.17) is 9.84 Å². The lowest BCUT2D eigenvalue weighted by atomic mass is 10.1. The SMILES string of the molecule is CCN(CC)Cc1ccc(CNCCCO)c(OC)c1. The topological polar surface area (TPSA) is 44.7 Å². The van der Waals surface area contributed by atoms with E-state index in [0.29, 0.717) is 0 Å². The molecule has 0 aromatic heterocycles. The van der Waals surface area contributed by atoms with Gasteiger partial charge in [0.1, 0.15) is 5.75 Å². The van der Waals surface area contributed by atoms with Gasteiger partial charge in [0.2, 0.25) is 0 Å². The predicted molar refractivity (Wildman–Crippen MR) is 83.0 cm³/mol. The molecule has 4 nitrogen and oxygen atoms in total. The lowest BCUT2D eigenvalue weighted by Crippen LogP contribution is -2.22. The van der Waals surface area contributed by atoms with E-state index >= 15 is 0 Å². The Bertz CT molecular complexity index is 379. The summed E-state index contributed by atoms with van der Waals surface area (Å²) < 4.78 is 5.48. The van der Waals surface area contributed by atoms with Crippen LogP contribution in [0.5, 0.6) is 5.75 Å². The van der Waals surface area contributed by atoms with Gasteiger partial charge >= 0.3 is 0 Å². The molecule has 1 aromatic carbocycles. The average Bonchev–Trinajstić information content (AvgIpc) is 2.49. The standard InChI is InChI=1S/C16H28N2O2/c1-4-18(5-2)13-14-7-8-15(16(11-14)20-3)12-17-9-6-10-19/h7-8,11,17,19H,4-6,9-10,12-13H2,1-3H3. The van der Waals surface area contributed by atoms with Crippen molar-refractivity contribution in [2.24, 2.45) is 0 Å². The molecule has 2 N–H and O–H groups in total. The van der Waals surface area contributed by atoms with E-state index in [1.165, 1.54) is 5.56 Å². The van der Waals surface area contributed by atoms with Gasteiger partial charge in [0.25, 0.3) is 0 Å². The summed E-state index contributed by atoms with van der Waals surface area (Å²) in [7, 11) is 1.72. The molecule has 20 heavy (non-hydrogen) atoms. The number of nitrogens with one attached hydrogen (secondary N) is 1. The van der Waals surface area contributed by atoms with Crippen molar-refractivity contribution in [3.05, 3.63) is 29.3 Å². The Morgan fingerprint density at radius 2 is 2.00 bits per heavy atom. The molecule has 0 saturated carbocycles. The van der Waals surface area contributed by atoms with E-state index in [2.05, 4.69) is 42.3 Å². The van der Waals surface area contributed by atoms with Crippen LogP contribution in [0.1, 0.15) is 31.4 Å². The molecule has 0 aliphatic rings. The highest BCUT2D eigenvalue weighted by atomic mass is 16.5. The van der Waals surface area contributed by atoms with Crippen LogP contribution in [0.4, 0.5) is 0 Å². The normalized spacial score (nSPS) is 11.1. The summed E-state index contributed by atoms with van der Waals surface area (Å²) in [4.78, 5) is 2.38. The number of ether oxygens (including phenoxy) is 1. The first kappa shape index (κ1) is 17.0. The molecular weight excluding hydrogens is 252 g/mol. The van der Waals surface area contributed by atoms with Crippen molar-refractivity contribution in [3.63, 3.8) is 0 Å². The first-order chi connectivity index (χ1) is 9.74. The minimum absolute atomic E-state index is 0.229. The third-order valence-corrected chi connectivity index (χ3v) is 3.48. The molecule has 0 amide bonds. The number of aliphatic hydroxyl groups excluding tert-OH is 1. The van der Waals surface area contributed by atoms with Crippen LogP contribution in [0.15, 0.2) is 18.2 Å². The van der Waals surface area contributed by atoms with E-state index in [1.807, 2.05) is 0 Å². The van der Waals surface area contributed by atoms with Gasteiger partial charge in [-0.25, -0.2) is 0 Å². The molecule has 0 bridgehead atoms. The number of aliphatic hydroxyl groups is 1. The van der Waals surface area contributed by atoms with Gasteiger partial charge in [-0.3, -0.25) is 4.90 Å². The number of rotatable bonds is 10. The zero-order chi connectivity index (χ0) is 14.8. The second kappa shape index (κ2) is 9.75. The molecule has 1 rings (SSSR count). The van der Waals surface area contributed by atoms with E-state index in [1.54, 1.807) is 7.11 Å². The van der Waals surface area contributed by atoms with E-state index in [0.717, 1.165) is 50.5 Å². The minimum atomic E-state index is 0.229. The van der Waals surface area contributed by atoms with Crippen LogP contribution < -0.4 is 10.1 Å². The van der Waals surface area contributed by atoms with Gasteiger partial charge in [-0.2, -0.15) is 0 Å². The Morgan fingerprint density at radius 1 is 1.25 bits per heavy atom. The van der Waals surface area contributed by atoms with E-state index in [9.17, 15) is 0 Å². The fraction of sp³-hybridized carbons (Fsp3) is 0.625. The fourth-order valence-corrected chi connectivity index (χ4v) is 2.17. The molecule has 0 spiro atoms. The van der Waals surface area contributed by atoms with Gasteiger partial charge in [-0.1, -0.05) is 26.0 Å². The molecule has 0 aliphatic carbocycles. The van der Waals surface area contributed by atoms with Gasteiger partial charge in [-0.15, -0.1) is 0 Å². The zero-order valence-corrected chi connectivity index (χ0v) is 13.0. The highest BCUT2D eigenvalue weighted by Gasteiger charge is 2.06. The van der Waals surface area contributed by atoms with Gasteiger partial charge in [0, 0.05) is 25.3 Å². The lowest BCUT2D eigenvalue weighted by molar-refractivity contribution is 0.286. The van der Waals surface area contributed by atoms with Crippen molar-refractivity contribution >= 4 is 0 Å². The maximum absolute atomic E-state index is 8.76. The summed E-state index contributed by atoms with van der Waals surface area (Å²) >= 11 is 0. The minimum Gasteiger partial charge on any atom is -0.496 e. The van der Waals surface area contributed by atoms with Crippen LogP contribution in [0.3, 0.4) is 0 Å². The monoisotopic (exact) mass is 280 g/mol. The van der Waals surface area contributed by atoms with Crippen molar-refractivity contribution in [2.45, 2.75) is 33.4 Å². The zero-order valence-electron chi connectivity index (χ0n) is 13.0. The Balaban J connectivity index is 2.64. The number of hydrogen-bond donors (Lipinski definition) is 2. The fourth-order valence-electron chi connectivity index (χ4n) is 2.17. The summed E-state index contributed by atoms with van der Waals surface area (Å²) in [5, 5.41) is 12.1. The third kappa shape index (κ3) is 5.49. The first-order valence-corrected chi connectivity index (χ1v) is 7.44. The number of nitrogens with zero attached hydrogens (tertiary/aromatic N) is 1. The maximum atomic E-state index is 8.76. The Labute approximate surface area is 122 Å².